The Hall–Kier alpha value is -3.77. The van der Waals surface area contributed by atoms with E-state index in [1.54, 1.807) is 42.5 Å². The molecule has 1 aliphatic heterocycles. The van der Waals surface area contributed by atoms with E-state index in [2.05, 4.69) is 0 Å². The summed E-state index contributed by atoms with van der Waals surface area (Å²) in [4.78, 5) is 27.5. The van der Waals surface area contributed by atoms with Gasteiger partial charge < -0.3 is 19.5 Å². The van der Waals surface area contributed by atoms with Crippen LogP contribution in [0.3, 0.4) is 0 Å². The minimum absolute atomic E-state index is 0.0192. The van der Waals surface area contributed by atoms with E-state index in [4.69, 9.17) is 21.1 Å². The van der Waals surface area contributed by atoms with Crippen molar-refractivity contribution < 1.29 is 24.2 Å². The molecule has 1 saturated heterocycles. The summed E-state index contributed by atoms with van der Waals surface area (Å²) < 4.78 is 11.5. The van der Waals surface area contributed by atoms with Crippen LogP contribution in [0.1, 0.15) is 36.1 Å². The first-order chi connectivity index (χ1) is 16.9. The van der Waals surface area contributed by atoms with Gasteiger partial charge in [-0.05, 0) is 41.8 Å². The second kappa shape index (κ2) is 10.7. The summed E-state index contributed by atoms with van der Waals surface area (Å²) in [6, 6.07) is 20.8. The highest BCUT2D eigenvalue weighted by molar-refractivity contribution is 6.46. The second-order valence-electron chi connectivity index (χ2n) is 8.19. The number of ketones is 1. The topological polar surface area (TPSA) is 76.1 Å². The first-order valence-corrected chi connectivity index (χ1v) is 11.7. The molecule has 1 atom stereocenters. The maximum absolute atomic E-state index is 13.1. The summed E-state index contributed by atoms with van der Waals surface area (Å²) in [5.74, 6) is -0.656. The maximum Gasteiger partial charge on any atom is 0.295 e. The van der Waals surface area contributed by atoms with Gasteiger partial charge in [0, 0.05) is 17.1 Å². The smallest absolute Gasteiger partial charge is 0.295 e. The van der Waals surface area contributed by atoms with Crippen molar-refractivity contribution in [2.45, 2.75) is 26.0 Å². The minimum Gasteiger partial charge on any atom is -0.507 e. The third-order valence-electron chi connectivity index (χ3n) is 5.84. The molecule has 0 aliphatic carbocycles. The van der Waals surface area contributed by atoms with Crippen LogP contribution < -0.4 is 9.47 Å². The number of amides is 1. The third kappa shape index (κ3) is 5.03. The van der Waals surface area contributed by atoms with Crippen molar-refractivity contribution in [1.82, 2.24) is 4.90 Å². The lowest BCUT2D eigenvalue weighted by Gasteiger charge is -2.25. The molecular weight excluding hydrogens is 466 g/mol. The summed E-state index contributed by atoms with van der Waals surface area (Å²) in [5, 5.41) is 11.5. The molecule has 3 aromatic carbocycles. The maximum atomic E-state index is 13.1. The largest absolute Gasteiger partial charge is 0.507 e. The number of rotatable bonds is 8. The number of hydrogen-bond donors (Lipinski definition) is 1. The highest BCUT2D eigenvalue weighted by atomic mass is 35.5. The van der Waals surface area contributed by atoms with Crippen molar-refractivity contribution in [3.8, 4) is 11.5 Å². The number of hydrogen-bond acceptors (Lipinski definition) is 5. The zero-order valence-electron chi connectivity index (χ0n) is 19.5. The Balaban J connectivity index is 1.75. The van der Waals surface area contributed by atoms with E-state index < -0.39 is 17.7 Å². The van der Waals surface area contributed by atoms with E-state index in [-0.39, 0.29) is 11.3 Å². The summed E-state index contributed by atoms with van der Waals surface area (Å²) in [7, 11) is 1.53. The number of likely N-dealkylation sites (tertiary alicyclic amines) is 1. The normalized spacial score (nSPS) is 17.0. The Morgan fingerprint density at radius 3 is 2.46 bits per heavy atom. The molecular formula is C28H26ClNO5. The van der Waals surface area contributed by atoms with Gasteiger partial charge in [0.1, 0.15) is 12.4 Å². The van der Waals surface area contributed by atoms with Crippen molar-refractivity contribution in [1.29, 1.82) is 0 Å². The van der Waals surface area contributed by atoms with Gasteiger partial charge in [-0.3, -0.25) is 9.59 Å². The highest BCUT2D eigenvalue weighted by Gasteiger charge is 2.45. The van der Waals surface area contributed by atoms with Crippen molar-refractivity contribution in [2.75, 3.05) is 13.7 Å². The fraction of sp³-hybridized carbons (Fsp3) is 0.214. The molecule has 6 nitrogen and oxygen atoms in total. The van der Waals surface area contributed by atoms with Crippen LogP contribution in [0.4, 0.5) is 0 Å². The molecule has 7 heteroatoms. The molecule has 0 aromatic heterocycles. The monoisotopic (exact) mass is 491 g/mol. The highest BCUT2D eigenvalue weighted by Crippen LogP contribution is 2.42. The van der Waals surface area contributed by atoms with Gasteiger partial charge in [0.05, 0.1) is 18.7 Å². The van der Waals surface area contributed by atoms with Gasteiger partial charge in [0.15, 0.2) is 11.5 Å². The Labute approximate surface area is 209 Å². The van der Waals surface area contributed by atoms with Gasteiger partial charge in [0.2, 0.25) is 0 Å². The molecule has 0 saturated carbocycles. The molecule has 1 heterocycles. The lowest BCUT2D eigenvalue weighted by atomic mass is 9.95. The number of nitrogens with zero attached hydrogens (tertiary/aromatic N) is 1. The number of methoxy groups -OCH3 is 1. The number of Topliss-reactive ketones (excluding diaryl/α,β-unsaturated/α-hetero) is 1. The number of aliphatic hydroxyl groups excluding tert-OH is 1. The molecule has 35 heavy (non-hydrogen) atoms. The van der Waals surface area contributed by atoms with Crippen molar-refractivity contribution in [3.05, 3.63) is 100 Å². The Kier molecular flexibility index (Phi) is 7.42. The van der Waals surface area contributed by atoms with Crippen molar-refractivity contribution >= 4 is 29.1 Å². The SMILES string of the molecule is CCCN1C(=O)C(=O)/C(=C(\O)c2cccc(Cl)c2)C1c1ccc(OCc2ccccc2)c(OC)c1. The Morgan fingerprint density at radius 1 is 1.00 bits per heavy atom. The summed E-state index contributed by atoms with van der Waals surface area (Å²) in [6.07, 6.45) is 0.649. The van der Waals surface area contributed by atoms with Gasteiger partial charge in [-0.15, -0.1) is 0 Å². The lowest BCUT2D eigenvalue weighted by molar-refractivity contribution is -0.139. The van der Waals surface area contributed by atoms with Crippen LogP contribution in [0.5, 0.6) is 11.5 Å². The van der Waals surface area contributed by atoms with E-state index >= 15 is 0 Å². The van der Waals surface area contributed by atoms with Gasteiger partial charge in [-0.1, -0.05) is 67.1 Å². The van der Waals surface area contributed by atoms with Gasteiger partial charge in [0.25, 0.3) is 11.7 Å². The molecule has 3 aromatic rings. The summed E-state index contributed by atoms with van der Waals surface area (Å²) >= 11 is 6.10. The van der Waals surface area contributed by atoms with Crippen LogP contribution in [0.2, 0.25) is 5.02 Å². The molecule has 1 fully saturated rings. The fourth-order valence-electron chi connectivity index (χ4n) is 4.20. The van der Waals surface area contributed by atoms with Gasteiger partial charge in [-0.2, -0.15) is 0 Å². The van der Waals surface area contributed by atoms with E-state index in [0.29, 0.717) is 47.2 Å². The van der Waals surface area contributed by atoms with Crippen LogP contribution in [-0.2, 0) is 16.2 Å². The molecule has 0 bridgehead atoms. The molecule has 1 N–H and O–H groups in total. The number of halogens is 1. The lowest BCUT2D eigenvalue weighted by Crippen LogP contribution is -2.30. The molecule has 180 valence electrons. The van der Waals surface area contributed by atoms with E-state index in [1.807, 2.05) is 37.3 Å². The first kappa shape index (κ1) is 24.4. The summed E-state index contributed by atoms with van der Waals surface area (Å²) in [6.45, 7) is 2.64. The van der Waals surface area contributed by atoms with Crippen LogP contribution in [0.25, 0.3) is 5.76 Å². The Bertz CT molecular complexity index is 1270. The number of ether oxygens (including phenoxy) is 2. The zero-order valence-corrected chi connectivity index (χ0v) is 20.3. The first-order valence-electron chi connectivity index (χ1n) is 11.3. The molecule has 1 unspecified atom stereocenters. The average Bonchev–Trinajstić information content (AvgIpc) is 3.12. The fourth-order valence-corrected chi connectivity index (χ4v) is 4.39. The van der Waals surface area contributed by atoms with Crippen LogP contribution >= 0.6 is 11.6 Å². The van der Waals surface area contributed by atoms with Gasteiger partial charge in [-0.25, -0.2) is 0 Å². The summed E-state index contributed by atoms with van der Waals surface area (Å²) in [5.41, 5.74) is 2.03. The minimum atomic E-state index is -0.772. The van der Waals surface area contributed by atoms with E-state index in [0.717, 1.165) is 5.56 Å². The number of benzene rings is 3. The van der Waals surface area contributed by atoms with Crippen LogP contribution in [0, 0.1) is 0 Å². The molecule has 0 spiro atoms. The van der Waals surface area contributed by atoms with Crippen molar-refractivity contribution in [2.24, 2.45) is 0 Å². The number of carbonyl (C=O) groups is 2. The van der Waals surface area contributed by atoms with E-state index in [1.165, 1.54) is 12.0 Å². The average molecular weight is 492 g/mol. The molecule has 1 aliphatic rings. The predicted octanol–water partition coefficient (Wildman–Crippen LogP) is 5.76. The molecule has 0 radical (unpaired) electrons. The third-order valence-corrected chi connectivity index (χ3v) is 6.08. The van der Waals surface area contributed by atoms with Crippen LogP contribution in [0.15, 0.2) is 78.4 Å². The van der Waals surface area contributed by atoms with Crippen LogP contribution in [-0.4, -0.2) is 35.4 Å². The van der Waals surface area contributed by atoms with Crippen molar-refractivity contribution in [3.63, 3.8) is 0 Å². The quantitative estimate of drug-likeness (QED) is 0.246. The standard InChI is InChI=1S/C28H26ClNO5/c1-3-14-30-25(24(27(32)28(30)33)26(31)20-10-7-11-21(29)15-20)19-12-13-22(23(16-19)34-2)35-17-18-8-5-4-6-9-18/h4-13,15-16,25,31H,3,14,17H2,1-2H3/b26-24-. The number of carbonyl (C=O) groups excluding carboxylic acids is 2. The second-order valence-corrected chi connectivity index (χ2v) is 8.62. The van der Waals surface area contributed by atoms with Gasteiger partial charge >= 0.3 is 0 Å². The molecule has 4 rings (SSSR count). The Morgan fingerprint density at radius 2 is 1.77 bits per heavy atom. The number of aliphatic hydroxyl groups is 1. The predicted molar refractivity (Wildman–Crippen MR) is 135 cm³/mol. The zero-order chi connectivity index (χ0) is 24.9. The molecule has 1 amide bonds. The van der Waals surface area contributed by atoms with E-state index in [9.17, 15) is 14.7 Å².